The number of para-hydroxylation sites is 3. The summed E-state index contributed by atoms with van der Waals surface area (Å²) in [7, 11) is 4.19. The average molecular weight is 838 g/mol. The third-order valence-electron chi connectivity index (χ3n) is 13.2. The van der Waals surface area contributed by atoms with E-state index in [1.165, 1.54) is 28.1 Å². The first kappa shape index (κ1) is 43.1. The van der Waals surface area contributed by atoms with E-state index in [4.69, 9.17) is 4.74 Å². The van der Waals surface area contributed by atoms with Crippen molar-refractivity contribution in [2.24, 2.45) is 0 Å². The predicted octanol–water partition coefficient (Wildman–Crippen LogP) is 13.2. The molecule has 0 amide bonds. The Morgan fingerprint density at radius 1 is 0.714 bits per heavy atom. The number of carbonyl (C=O) groups is 1. The Bertz CT molecular complexity index is 2630. The molecular formula is C56H61N4O3+. The number of benzene rings is 5. The van der Waals surface area contributed by atoms with Crippen molar-refractivity contribution in [3.05, 3.63) is 185 Å². The lowest BCUT2D eigenvalue weighted by Crippen LogP contribution is -2.28. The Kier molecular flexibility index (Phi) is 12.3. The molecule has 5 aromatic carbocycles. The Morgan fingerprint density at radius 3 is 1.95 bits per heavy atom. The van der Waals surface area contributed by atoms with Gasteiger partial charge in [0.2, 0.25) is 5.69 Å². The topological polar surface area (TPSA) is 59.3 Å². The number of anilines is 5. The van der Waals surface area contributed by atoms with Crippen LogP contribution in [0.2, 0.25) is 0 Å². The van der Waals surface area contributed by atoms with Crippen molar-refractivity contribution in [3.63, 3.8) is 0 Å². The minimum atomic E-state index is -0.803. The zero-order valence-electron chi connectivity index (χ0n) is 37.9. The highest BCUT2D eigenvalue weighted by Crippen LogP contribution is 2.48. The number of nitrogens with zero attached hydrogens (tertiary/aromatic N) is 4. The summed E-state index contributed by atoms with van der Waals surface area (Å²) in [5.74, 6) is 0.858. The second-order valence-corrected chi connectivity index (χ2v) is 18.0. The van der Waals surface area contributed by atoms with Crippen molar-refractivity contribution in [1.82, 2.24) is 0 Å². The maximum atomic E-state index is 11.8. The van der Waals surface area contributed by atoms with Gasteiger partial charge in [0.05, 0.1) is 11.8 Å². The van der Waals surface area contributed by atoms with Gasteiger partial charge in [-0.05, 0) is 129 Å². The molecule has 3 aliphatic rings. The minimum Gasteiger partial charge on any atom is -0.481 e. The van der Waals surface area contributed by atoms with Crippen LogP contribution in [0.3, 0.4) is 0 Å². The smallest absolute Gasteiger partial charge is 0.305 e. The molecule has 2 aliphatic heterocycles. The first-order valence-corrected chi connectivity index (χ1v) is 22.4. The molecule has 0 saturated heterocycles. The average Bonchev–Trinajstić information content (AvgIpc) is 3.65. The SMILES string of the molecule is CCC[N+]1=C(/C=C/C2=C(Oc3ccc(N(C)c4ccc(N(C)c5ccccc5)cc4)cc3)C(=C/C=C3/N(CCC(=O)O)c4ccccc4C3(C)C)/CCC2)C(C)(C)c2ccccc21. The Balaban J connectivity index is 1.14. The van der Waals surface area contributed by atoms with E-state index >= 15 is 0 Å². The number of ether oxygens (including phenoxy) is 1. The normalized spacial score (nSPS) is 17.7. The number of rotatable bonds is 14. The van der Waals surface area contributed by atoms with Crippen molar-refractivity contribution in [3.8, 4) is 5.75 Å². The lowest BCUT2D eigenvalue weighted by atomic mass is 9.81. The van der Waals surface area contributed by atoms with Crippen LogP contribution in [0.4, 0.5) is 34.1 Å². The molecule has 0 fully saturated rings. The van der Waals surface area contributed by atoms with Gasteiger partial charge in [0.1, 0.15) is 18.1 Å². The molecule has 322 valence electrons. The van der Waals surface area contributed by atoms with Gasteiger partial charge in [0, 0.05) is 84.3 Å². The van der Waals surface area contributed by atoms with E-state index in [0.29, 0.717) is 6.54 Å². The number of fused-ring (bicyclic) bond motifs is 2. The summed E-state index contributed by atoms with van der Waals surface area (Å²) in [5.41, 5.74) is 13.6. The van der Waals surface area contributed by atoms with Crippen molar-refractivity contribution in [1.29, 1.82) is 0 Å². The van der Waals surface area contributed by atoms with Gasteiger partial charge in [-0.2, -0.15) is 4.58 Å². The van der Waals surface area contributed by atoms with Crippen LogP contribution < -0.4 is 19.4 Å². The summed E-state index contributed by atoms with van der Waals surface area (Å²) < 4.78 is 9.53. The zero-order chi connectivity index (χ0) is 44.3. The fourth-order valence-electron chi connectivity index (χ4n) is 9.61. The van der Waals surface area contributed by atoms with E-state index in [1.54, 1.807) is 0 Å². The lowest BCUT2D eigenvalue weighted by molar-refractivity contribution is -0.437. The Hall–Kier alpha value is -6.60. The van der Waals surface area contributed by atoms with Crippen LogP contribution in [0.15, 0.2) is 174 Å². The molecular weight excluding hydrogens is 777 g/mol. The third-order valence-corrected chi connectivity index (χ3v) is 13.2. The van der Waals surface area contributed by atoms with Gasteiger partial charge in [-0.3, -0.25) is 4.79 Å². The highest BCUT2D eigenvalue weighted by atomic mass is 16.5. The fraction of sp³-hybridized carbons (Fsp3) is 0.286. The highest BCUT2D eigenvalue weighted by Gasteiger charge is 2.44. The first-order valence-electron chi connectivity index (χ1n) is 22.4. The Labute approximate surface area is 374 Å². The molecule has 0 spiro atoms. The van der Waals surface area contributed by atoms with E-state index in [-0.39, 0.29) is 17.3 Å². The predicted molar refractivity (Wildman–Crippen MR) is 261 cm³/mol. The quantitative estimate of drug-likeness (QED) is 0.112. The lowest BCUT2D eigenvalue weighted by Gasteiger charge is -2.27. The van der Waals surface area contributed by atoms with Crippen LogP contribution in [-0.4, -0.2) is 48.5 Å². The number of hydrogen-bond donors (Lipinski definition) is 1. The van der Waals surface area contributed by atoms with E-state index in [1.807, 2.05) is 12.1 Å². The number of allylic oxidation sites excluding steroid dienone is 7. The van der Waals surface area contributed by atoms with Crippen LogP contribution in [-0.2, 0) is 15.6 Å². The summed E-state index contributed by atoms with van der Waals surface area (Å²) in [6, 6.07) is 44.6. The number of carboxylic acid groups (broad SMARTS) is 1. The van der Waals surface area contributed by atoms with Gasteiger partial charge < -0.3 is 24.5 Å². The standard InChI is InChI=1S/C56H60N4O3/c1-8-38-59-49-23-14-12-21-47(49)55(2,3)51(59)35-25-40-17-16-18-41(26-36-52-56(4,5)48-22-13-15-24-50(48)60(52)39-37-53(61)62)54(40)63-46-33-31-45(32-34-46)58(7)44-29-27-43(28-30-44)57(6)42-19-10-9-11-20-42/h9-15,19-36H,8,16-18,37-39H2,1-7H3/p+1. The Morgan fingerprint density at radius 2 is 1.30 bits per heavy atom. The van der Waals surface area contributed by atoms with Gasteiger partial charge in [0.25, 0.3) is 0 Å². The van der Waals surface area contributed by atoms with Crippen molar-refractivity contribution in [2.75, 3.05) is 41.9 Å². The summed E-state index contributed by atoms with van der Waals surface area (Å²) >= 11 is 0. The molecule has 7 nitrogen and oxygen atoms in total. The second-order valence-electron chi connectivity index (χ2n) is 18.0. The number of carboxylic acids is 1. The molecule has 0 aromatic heterocycles. The zero-order valence-corrected chi connectivity index (χ0v) is 37.9. The van der Waals surface area contributed by atoms with Crippen LogP contribution in [0.5, 0.6) is 5.75 Å². The largest absolute Gasteiger partial charge is 0.481 e. The first-order chi connectivity index (χ1) is 30.4. The summed E-state index contributed by atoms with van der Waals surface area (Å²) in [6.07, 6.45) is 12.9. The summed E-state index contributed by atoms with van der Waals surface area (Å²) in [4.78, 5) is 18.4. The van der Waals surface area contributed by atoms with Crippen molar-refractivity contribution >= 4 is 45.8 Å². The maximum absolute atomic E-state index is 11.8. The number of aliphatic carboxylic acids is 1. The van der Waals surface area contributed by atoms with Gasteiger partial charge in [0.15, 0.2) is 5.71 Å². The van der Waals surface area contributed by atoms with E-state index in [9.17, 15) is 9.90 Å². The van der Waals surface area contributed by atoms with Crippen molar-refractivity contribution < 1.29 is 19.2 Å². The van der Waals surface area contributed by atoms with Gasteiger partial charge >= 0.3 is 5.97 Å². The molecule has 0 bridgehead atoms. The molecule has 63 heavy (non-hydrogen) atoms. The van der Waals surface area contributed by atoms with Crippen molar-refractivity contribution in [2.45, 2.75) is 77.6 Å². The monoisotopic (exact) mass is 837 g/mol. The van der Waals surface area contributed by atoms with E-state index in [0.717, 1.165) is 83.4 Å². The van der Waals surface area contributed by atoms with Crippen LogP contribution in [0.25, 0.3) is 0 Å². The molecule has 5 aromatic rings. The van der Waals surface area contributed by atoms with Gasteiger partial charge in [-0.1, -0.05) is 81.4 Å². The molecule has 0 radical (unpaired) electrons. The molecule has 8 rings (SSSR count). The molecule has 2 heterocycles. The van der Waals surface area contributed by atoms with Gasteiger partial charge in [-0.15, -0.1) is 0 Å². The minimum absolute atomic E-state index is 0.0533. The summed E-state index contributed by atoms with van der Waals surface area (Å²) in [6.45, 7) is 12.7. The molecule has 7 heteroatoms. The summed E-state index contributed by atoms with van der Waals surface area (Å²) in [5, 5.41) is 9.71. The van der Waals surface area contributed by atoms with E-state index < -0.39 is 5.97 Å². The van der Waals surface area contributed by atoms with E-state index in [2.05, 4.69) is 208 Å². The third kappa shape index (κ3) is 8.62. The fourth-order valence-corrected chi connectivity index (χ4v) is 9.61. The molecule has 0 saturated carbocycles. The molecule has 0 unspecified atom stereocenters. The number of hydrogen-bond acceptors (Lipinski definition) is 5. The van der Waals surface area contributed by atoms with Gasteiger partial charge in [-0.25, -0.2) is 0 Å². The van der Waals surface area contributed by atoms with Crippen LogP contribution in [0.1, 0.15) is 77.8 Å². The molecule has 0 atom stereocenters. The van der Waals surface area contributed by atoms with Crippen LogP contribution in [0, 0.1) is 0 Å². The molecule has 1 N–H and O–H groups in total. The maximum Gasteiger partial charge on any atom is 0.305 e. The molecule has 1 aliphatic carbocycles. The van der Waals surface area contributed by atoms with Crippen LogP contribution >= 0.6 is 0 Å². The highest BCUT2D eigenvalue weighted by molar-refractivity contribution is 6.03. The second kappa shape index (κ2) is 18.0.